The van der Waals surface area contributed by atoms with Crippen molar-refractivity contribution in [1.82, 2.24) is 4.90 Å². The third-order valence-electron chi connectivity index (χ3n) is 3.97. The minimum Gasteiger partial charge on any atom is -0.361 e. The first-order valence-electron chi connectivity index (χ1n) is 7.63. The zero-order valence-corrected chi connectivity index (χ0v) is 13.8. The lowest BCUT2D eigenvalue weighted by Crippen LogP contribution is -2.43. The number of fused-ring (bicyclic) bond motifs is 1. The van der Waals surface area contributed by atoms with Crippen molar-refractivity contribution in [1.29, 1.82) is 0 Å². The summed E-state index contributed by atoms with van der Waals surface area (Å²) in [5.41, 5.74) is 1.78. The molecule has 1 aliphatic rings. The van der Waals surface area contributed by atoms with E-state index in [0.717, 1.165) is 12.1 Å². The molecule has 0 aromatic heterocycles. The summed E-state index contributed by atoms with van der Waals surface area (Å²) < 4.78 is 0. The molecule has 3 rings (SSSR count). The van der Waals surface area contributed by atoms with E-state index in [1.54, 1.807) is 17.0 Å². The summed E-state index contributed by atoms with van der Waals surface area (Å²) in [4.78, 5) is 25.1. The van der Waals surface area contributed by atoms with E-state index >= 15 is 0 Å². The molecule has 0 spiro atoms. The average molecular weight is 346 g/mol. The number of nitro benzene ring substituents is 1. The Balaban J connectivity index is 2.07. The fourth-order valence-electron chi connectivity index (χ4n) is 2.87. The van der Waals surface area contributed by atoms with Crippen molar-refractivity contribution in [2.24, 2.45) is 0 Å². The third kappa shape index (κ3) is 2.80. The van der Waals surface area contributed by atoms with Gasteiger partial charge in [-0.3, -0.25) is 14.9 Å². The predicted molar refractivity (Wildman–Crippen MR) is 92.2 cm³/mol. The van der Waals surface area contributed by atoms with Crippen LogP contribution in [0.4, 0.5) is 11.4 Å². The number of nitro groups is 1. The SMILES string of the molecule is CCCN1C(=O)c2ccccc2N[C@H]1c1ccc(Cl)c([N+](=O)[O-])c1. The van der Waals surface area contributed by atoms with Gasteiger partial charge in [-0.1, -0.05) is 36.7 Å². The molecule has 1 amide bonds. The minimum atomic E-state index is -0.519. The maximum Gasteiger partial charge on any atom is 0.288 e. The number of halogens is 1. The second-order valence-corrected chi connectivity index (χ2v) is 5.97. The van der Waals surface area contributed by atoms with Crippen molar-refractivity contribution < 1.29 is 9.72 Å². The molecule has 1 atom stereocenters. The van der Waals surface area contributed by atoms with E-state index in [-0.39, 0.29) is 16.6 Å². The van der Waals surface area contributed by atoms with E-state index < -0.39 is 11.1 Å². The van der Waals surface area contributed by atoms with E-state index in [1.807, 2.05) is 25.1 Å². The number of amides is 1. The maximum absolute atomic E-state index is 12.8. The first-order chi connectivity index (χ1) is 11.5. The van der Waals surface area contributed by atoms with Gasteiger partial charge in [0.25, 0.3) is 11.6 Å². The Labute approximate surface area is 144 Å². The van der Waals surface area contributed by atoms with Crippen LogP contribution in [0.1, 0.15) is 35.4 Å². The number of benzene rings is 2. The molecule has 24 heavy (non-hydrogen) atoms. The normalized spacial score (nSPS) is 16.5. The van der Waals surface area contributed by atoms with Crippen LogP contribution < -0.4 is 5.32 Å². The molecule has 0 radical (unpaired) electrons. The van der Waals surface area contributed by atoms with E-state index in [9.17, 15) is 14.9 Å². The smallest absolute Gasteiger partial charge is 0.288 e. The molecule has 124 valence electrons. The molecule has 0 fully saturated rings. The lowest BCUT2D eigenvalue weighted by atomic mass is 10.0. The van der Waals surface area contributed by atoms with Crippen LogP contribution in [-0.2, 0) is 0 Å². The molecule has 1 aliphatic heterocycles. The van der Waals surface area contributed by atoms with Gasteiger partial charge in [-0.25, -0.2) is 0 Å². The zero-order valence-electron chi connectivity index (χ0n) is 13.0. The highest BCUT2D eigenvalue weighted by atomic mass is 35.5. The summed E-state index contributed by atoms with van der Waals surface area (Å²) in [6.07, 6.45) is 0.310. The van der Waals surface area contributed by atoms with Gasteiger partial charge in [0.1, 0.15) is 11.2 Å². The lowest BCUT2D eigenvalue weighted by Gasteiger charge is -2.38. The Morgan fingerprint density at radius 3 is 2.75 bits per heavy atom. The molecule has 6 nitrogen and oxygen atoms in total. The highest BCUT2D eigenvalue weighted by molar-refractivity contribution is 6.32. The molecular formula is C17H16ClN3O3. The first-order valence-corrected chi connectivity index (χ1v) is 8.01. The number of hydrogen-bond donors (Lipinski definition) is 1. The quantitative estimate of drug-likeness (QED) is 0.664. The number of para-hydroxylation sites is 1. The fourth-order valence-corrected chi connectivity index (χ4v) is 3.05. The topological polar surface area (TPSA) is 75.5 Å². The van der Waals surface area contributed by atoms with Crippen molar-refractivity contribution >= 4 is 28.9 Å². The molecular weight excluding hydrogens is 330 g/mol. The van der Waals surface area contributed by atoms with Crippen molar-refractivity contribution in [3.8, 4) is 0 Å². The van der Waals surface area contributed by atoms with Gasteiger partial charge < -0.3 is 10.2 Å². The lowest BCUT2D eigenvalue weighted by molar-refractivity contribution is -0.384. The molecule has 0 saturated heterocycles. The Morgan fingerprint density at radius 1 is 1.29 bits per heavy atom. The number of nitrogens with zero attached hydrogens (tertiary/aromatic N) is 2. The zero-order chi connectivity index (χ0) is 17.3. The number of anilines is 1. The van der Waals surface area contributed by atoms with Gasteiger partial charge in [-0.05, 0) is 24.6 Å². The molecule has 0 bridgehead atoms. The molecule has 7 heteroatoms. The molecule has 2 aromatic rings. The van der Waals surface area contributed by atoms with Crippen LogP contribution in [-0.4, -0.2) is 22.3 Å². The number of hydrogen-bond acceptors (Lipinski definition) is 4. The second-order valence-electron chi connectivity index (χ2n) is 5.56. The van der Waals surface area contributed by atoms with Gasteiger partial charge in [0.2, 0.25) is 0 Å². The summed E-state index contributed by atoms with van der Waals surface area (Å²) >= 11 is 5.89. The van der Waals surface area contributed by atoms with Crippen LogP contribution in [0.5, 0.6) is 0 Å². The maximum atomic E-state index is 12.8. The molecule has 0 aliphatic carbocycles. The summed E-state index contributed by atoms with van der Waals surface area (Å²) in [5, 5.41) is 14.5. The van der Waals surface area contributed by atoms with E-state index in [1.165, 1.54) is 12.1 Å². The number of carbonyl (C=O) groups excluding carboxylic acids is 1. The summed E-state index contributed by atoms with van der Waals surface area (Å²) in [7, 11) is 0. The van der Waals surface area contributed by atoms with Gasteiger partial charge in [-0.15, -0.1) is 0 Å². The second kappa shape index (κ2) is 6.49. The van der Waals surface area contributed by atoms with Gasteiger partial charge in [0.05, 0.1) is 10.5 Å². The molecule has 0 saturated carbocycles. The van der Waals surface area contributed by atoms with E-state index in [4.69, 9.17) is 11.6 Å². The Kier molecular flexibility index (Phi) is 4.40. The van der Waals surface area contributed by atoms with Crippen LogP contribution in [0.15, 0.2) is 42.5 Å². The summed E-state index contributed by atoms with van der Waals surface area (Å²) in [6, 6.07) is 11.9. The van der Waals surface area contributed by atoms with Crippen molar-refractivity contribution in [2.45, 2.75) is 19.5 Å². The molecule has 2 aromatic carbocycles. The Hall–Kier alpha value is -2.60. The Morgan fingerprint density at radius 2 is 2.04 bits per heavy atom. The van der Waals surface area contributed by atoms with E-state index in [2.05, 4.69) is 5.32 Å². The number of rotatable bonds is 4. The van der Waals surface area contributed by atoms with Crippen LogP contribution in [0.2, 0.25) is 5.02 Å². The minimum absolute atomic E-state index is 0.0772. The molecule has 1 N–H and O–H groups in total. The fraction of sp³-hybridized carbons (Fsp3) is 0.235. The predicted octanol–water partition coefficient (Wildman–Crippen LogP) is 4.22. The largest absolute Gasteiger partial charge is 0.361 e. The van der Waals surface area contributed by atoms with Crippen molar-refractivity contribution in [3.05, 3.63) is 68.7 Å². The molecule has 1 heterocycles. The molecule has 0 unspecified atom stereocenters. The van der Waals surface area contributed by atoms with Crippen molar-refractivity contribution in [3.63, 3.8) is 0 Å². The van der Waals surface area contributed by atoms with Gasteiger partial charge in [0, 0.05) is 23.9 Å². The Bertz CT molecular complexity index is 809. The van der Waals surface area contributed by atoms with Gasteiger partial charge >= 0.3 is 0 Å². The van der Waals surface area contributed by atoms with Crippen LogP contribution in [0.25, 0.3) is 0 Å². The van der Waals surface area contributed by atoms with Gasteiger partial charge in [0.15, 0.2) is 0 Å². The summed E-state index contributed by atoms with van der Waals surface area (Å²) in [6.45, 7) is 2.52. The van der Waals surface area contributed by atoms with Crippen LogP contribution in [0.3, 0.4) is 0 Å². The first kappa shape index (κ1) is 16.3. The van der Waals surface area contributed by atoms with Crippen LogP contribution in [0, 0.1) is 10.1 Å². The number of carbonyl (C=O) groups is 1. The van der Waals surface area contributed by atoms with E-state index in [0.29, 0.717) is 17.7 Å². The highest BCUT2D eigenvalue weighted by Crippen LogP contribution is 2.35. The third-order valence-corrected chi connectivity index (χ3v) is 4.29. The average Bonchev–Trinajstić information content (AvgIpc) is 2.57. The summed E-state index contributed by atoms with van der Waals surface area (Å²) in [5.74, 6) is -0.0891. The highest BCUT2D eigenvalue weighted by Gasteiger charge is 2.33. The monoisotopic (exact) mass is 345 g/mol. The standard InChI is InChI=1S/C17H16ClN3O3/c1-2-9-20-16(11-7-8-13(18)15(10-11)21(23)24)19-14-6-4-3-5-12(14)17(20)22/h3-8,10,16,19H,2,9H2,1H3/t16-/m1/s1. The van der Waals surface area contributed by atoms with Crippen LogP contribution >= 0.6 is 11.6 Å². The van der Waals surface area contributed by atoms with Crippen molar-refractivity contribution in [2.75, 3.05) is 11.9 Å². The number of nitrogens with one attached hydrogen (secondary N) is 1. The van der Waals surface area contributed by atoms with Gasteiger partial charge in [-0.2, -0.15) is 0 Å².